The Hall–Kier alpha value is -3.69. The number of H-pyrrole nitrogens is 2. The number of halogens is 3. The normalized spacial score (nSPS) is 13.2. The second kappa shape index (κ2) is 7.38. The monoisotopic (exact) mass is 401 g/mol. The number of fused-ring (bicyclic) bond motifs is 1. The number of imidazole rings is 1. The zero-order valence-electron chi connectivity index (χ0n) is 14.8. The quantitative estimate of drug-likeness (QED) is 0.505. The molecule has 1 fully saturated rings. The van der Waals surface area contributed by atoms with Gasteiger partial charge in [0.2, 0.25) is 0 Å². The molecule has 0 saturated heterocycles. The highest BCUT2D eigenvalue weighted by Gasteiger charge is 2.27. The SMILES string of the molecule is Fc1ccc(F)c(F)c1.O=c1[nH]cc(-c2cc(C3CC3)c3nccn3n2)c(=O)[nH]1. The summed E-state index contributed by atoms with van der Waals surface area (Å²) < 4.78 is 37.5. The van der Waals surface area contributed by atoms with Gasteiger partial charge in [0.15, 0.2) is 17.3 Å². The van der Waals surface area contributed by atoms with Crippen LogP contribution >= 0.6 is 0 Å². The lowest BCUT2D eigenvalue weighted by molar-refractivity contribution is 0.495. The van der Waals surface area contributed by atoms with E-state index in [-0.39, 0.29) is 0 Å². The minimum absolute atomic E-state index is 0.349. The first-order valence-electron chi connectivity index (χ1n) is 8.69. The highest BCUT2D eigenvalue weighted by Crippen LogP contribution is 2.42. The topological polar surface area (TPSA) is 95.9 Å². The molecule has 0 bridgehead atoms. The Morgan fingerprint density at radius 3 is 2.52 bits per heavy atom. The third-order valence-electron chi connectivity index (χ3n) is 4.38. The molecule has 0 atom stereocenters. The molecule has 0 spiro atoms. The fraction of sp³-hybridized carbons (Fsp3) is 0.158. The minimum atomic E-state index is -1.16. The molecule has 3 heterocycles. The first-order chi connectivity index (χ1) is 13.9. The van der Waals surface area contributed by atoms with Crippen LogP contribution in [0.2, 0.25) is 0 Å². The van der Waals surface area contributed by atoms with E-state index in [2.05, 4.69) is 20.1 Å². The first-order valence-corrected chi connectivity index (χ1v) is 8.69. The second-order valence-corrected chi connectivity index (χ2v) is 6.50. The van der Waals surface area contributed by atoms with Crippen molar-refractivity contribution in [2.24, 2.45) is 0 Å². The van der Waals surface area contributed by atoms with Crippen molar-refractivity contribution in [3.05, 3.63) is 86.7 Å². The molecule has 3 aromatic heterocycles. The molecule has 1 saturated carbocycles. The van der Waals surface area contributed by atoms with Crippen LogP contribution < -0.4 is 11.2 Å². The van der Waals surface area contributed by atoms with E-state index in [4.69, 9.17) is 0 Å². The molecule has 148 valence electrons. The van der Waals surface area contributed by atoms with Crippen LogP contribution in [0.25, 0.3) is 16.9 Å². The summed E-state index contributed by atoms with van der Waals surface area (Å²) in [5, 5.41) is 4.38. The number of aromatic nitrogens is 5. The van der Waals surface area contributed by atoms with E-state index >= 15 is 0 Å². The Balaban J connectivity index is 0.000000192. The summed E-state index contributed by atoms with van der Waals surface area (Å²) in [7, 11) is 0. The Morgan fingerprint density at radius 1 is 1.07 bits per heavy atom. The zero-order chi connectivity index (χ0) is 20.5. The van der Waals surface area contributed by atoms with Crippen LogP contribution in [-0.4, -0.2) is 24.6 Å². The molecule has 0 aliphatic heterocycles. The molecular weight excluding hydrogens is 387 g/mol. The molecule has 7 nitrogen and oxygen atoms in total. The van der Waals surface area contributed by atoms with Gasteiger partial charge in [-0.2, -0.15) is 5.10 Å². The second-order valence-electron chi connectivity index (χ2n) is 6.50. The number of hydrogen-bond acceptors (Lipinski definition) is 4. The summed E-state index contributed by atoms with van der Waals surface area (Å²) in [5.74, 6) is -2.47. The number of nitrogens with zero attached hydrogens (tertiary/aromatic N) is 3. The van der Waals surface area contributed by atoms with Gasteiger partial charge in [-0.05, 0) is 37.0 Å². The molecule has 0 amide bonds. The van der Waals surface area contributed by atoms with E-state index in [1.807, 2.05) is 6.07 Å². The van der Waals surface area contributed by atoms with Crippen LogP contribution in [0.5, 0.6) is 0 Å². The molecule has 1 aromatic carbocycles. The number of rotatable bonds is 2. The fourth-order valence-corrected chi connectivity index (χ4v) is 2.84. The van der Waals surface area contributed by atoms with E-state index < -0.39 is 28.7 Å². The van der Waals surface area contributed by atoms with Crippen molar-refractivity contribution in [3.8, 4) is 11.3 Å². The Morgan fingerprint density at radius 2 is 1.86 bits per heavy atom. The van der Waals surface area contributed by atoms with Crippen LogP contribution in [0.3, 0.4) is 0 Å². The van der Waals surface area contributed by atoms with Gasteiger partial charge >= 0.3 is 5.69 Å². The first kappa shape index (κ1) is 18.7. The van der Waals surface area contributed by atoms with Gasteiger partial charge < -0.3 is 4.98 Å². The maximum Gasteiger partial charge on any atom is 0.325 e. The van der Waals surface area contributed by atoms with Crippen molar-refractivity contribution >= 4 is 5.65 Å². The number of hydrogen-bond donors (Lipinski definition) is 2. The van der Waals surface area contributed by atoms with Crippen molar-refractivity contribution in [2.75, 3.05) is 0 Å². The molecular formula is C19H14F3N5O2. The van der Waals surface area contributed by atoms with Gasteiger partial charge in [-0.25, -0.2) is 27.5 Å². The summed E-state index contributed by atoms with van der Waals surface area (Å²) in [5.41, 5.74) is 1.85. The molecule has 0 radical (unpaired) electrons. The van der Waals surface area contributed by atoms with Gasteiger partial charge in [0, 0.05) is 30.2 Å². The summed E-state index contributed by atoms with van der Waals surface area (Å²) in [6, 6.07) is 3.99. The maximum absolute atomic E-state index is 12.0. The van der Waals surface area contributed by atoms with Gasteiger partial charge in [0.1, 0.15) is 5.82 Å². The predicted molar refractivity (Wildman–Crippen MR) is 98.0 cm³/mol. The van der Waals surface area contributed by atoms with E-state index in [0.717, 1.165) is 36.2 Å². The molecule has 1 aliphatic rings. The lowest BCUT2D eigenvalue weighted by atomic mass is 10.1. The minimum Gasteiger partial charge on any atom is -0.313 e. The van der Waals surface area contributed by atoms with Gasteiger partial charge in [0.05, 0.1) is 11.3 Å². The van der Waals surface area contributed by atoms with Crippen LogP contribution in [0, 0.1) is 17.5 Å². The molecule has 10 heteroatoms. The summed E-state index contributed by atoms with van der Waals surface area (Å²) in [4.78, 5) is 31.9. The average molecular weight is 401 g/mol. The predicted octanol–water partition coefficient (Wildman–Crippen LogP) is 2.75. The van der Waals surface area contributed by atoms with Gasteiger partial charge in [0.25, 0.3) is 5.56 Å². The van der Waals surface area contributed by atoms with Crippen molar-refractivity contribution in [3.63, 3.8) is 0 Å². The zero-order valence-corrected chi connectivity index (χ0v) is 14.8. The van der Waals surface area contributed by atoms with Crippen LogP contribution in [0.4, 0.5) is 13.2 Å². The van der Waals surface area contributed by atoms with Crippen LogP contribution in [-0.2, 0) is 0 Å². The van der Waals surface area contributed by atoms with Gasteiger partial charge in [-0.1, -0.05) is 0 Å². The number of aromatic amines is 2. The van der Waals surface area contributed by atoms with Crippen molar-refractivity contribution in [1.82, 2.24) is 24.6 Å². The molecule has 5 rings (SSSR count). The summed E-state index contributed by atoms with van der Waals surface area (Å²) >= 11 is 0. The number of nitrogens with one attached hydrogen (secondary N) is 2. The Kier molecular flexibility index (Phi) is 4.75. The van der Waals surface area contributed by atoms with E-state index in [0.29, 0.717) is 23.2 Å². The van der Waals surface area contributed by atoms with E-state index in [1.54, 1.807) is 16.9 Å². The smallest absolute Gasteiger partial charge is 0.313 e. The van der Waals surface area contributed by atoms with Gasteiger partial charge in [-0.15, -0.1) is 0 Å². The lowest BCUT2D eigenvalue weighted by Crippen LogP contribution is -2.23. The third-order valence-corrected chi connectivity index (χ3v) is 4.38. The molecule has 0 unspecified atom stereocenters. The van der Waals surface area contributed by atoms with Crippen molar-refractivity contribution < 1.29 is 13.2 Å². The average Bonchev–Trinajstić information content (AvgIpc) is 3.42. The number of benzene rings is 1. The van der Waals surface area contributed by atoms with Crippen LogP contribution in [0.15, 0.2) is 52.4 Å². The van der Waals surface area contributed by atoms with Gasteiger partial charge in [-0.3, -0.25) is 9.78 Å². The fourth-order valence-electron chi connectivity index (χ4n) is 2.84. The van der Waals surface area contributed by atoms with Crippen molar-refractivity contribution in [2.45, 2.75) is 18.8 Å². The van der Waals surface area contributed by atoms with E-state index in [1.165, 1.54) is 6.20 Å². The molecule has 4 aromatic rings. The third kappa shape index (κ3) is 3.96. The summed E-state index contributed by atoms with van der Waals surface area (Å²) in [6.45, 7) is 0. The molecule has 2 N–H and O–H groups in total. The summed E-state index contributed by atoms with van der Waals surface area (Å²) in [6.07, 6.45) is 7.10. The Bertz CT molecular complexity index is 1310. The molecule has 29 heavy (non-hydrogen) atoms. The van der Waals surface area contributed by atoms with Crippen molar-refractivity contribution in [1.29, 1.82) is 0 Å². The highest BCUT2D eigenvalue weighted by molar-refractivity contribution is 5.62. The lowest BCUT2D eigenvalue weighted by Gasteiger charge is -2.05. The Labute approximate surface area is 160 Å². The van der Waals surface area contributed by atoms with Crippen LogP contribution in [0.1, 0.15) is 24.3 Å². The van der Waals surface area contributed by atoms with E-state index in [9.17, 15) is 22.8 Å². The molecule has 1 aliphatic carbocycles. The standard InChI is InChI=1S/C13H11N5O2.C6H3F3/c19-12-9(6-15-13(20)16-12)10-5-8(7-1-2-7)11-14-3-4-18(11)17-10;7-4-1-2-5(8)6(9)3-4/h3-7H,1-2H2,(H2,15,16,19,20);1-3H. The largest absolute Gasteiger partial charge is 0.325 e. The maximum atomic E-state index is 12.0. The highest BCUT2D eigenvalue weighted by atomic mass is 19.2.